The Hall–Kier alpha value is -3.10. The highest BCUT2D eigenvalue weighted by atomic mass is 19.4. The topological polar surface area (TPSA) is 65.6 Å². The molecular weight excluding hydrogens is 363 g/mol. The van der Waals surface area contributed by atoms with Crippen molar-refractivity contribution in [1.29, 1.82) is 0 Å². The fraction of sp³-hybridized carbons (Fsp3) is 0.278. The third-order valence-electron chi connectivity index (χ3n) is 4.12. The molecule has 3 heterocycles. The van der Waals surface area contributed by atoms with Crippen LogP contribution in [-0.2, 0) is 11.3 Å². The average Bonchev–Trinajstić information content (AvgIpc) is 3.15. The van der Waals surface area contributed by atoms with Gasteiger partial charge in [-0.15, -0.1) is 0 Å². The number of alkyl halides is 3. The molecule has 0 fully saturated rings. The first-order chi connectivity index (χ1) is 12.7. The summed E-state index contributed by atoms with van der Waals surface area (Å²) in [7, 11) is 0. The summed E-state index contributed by atoms with van der Waals surface area (Å²) in [6.07, 6.45) is -1.22. The number of nitrogens with zero attached hydrogens (tertiary/aromatic N) is 3. The lowest BCUT2D eigenvalue weighted by Crippen LogP contribution is -2.20. The quantitative estimate of drug-likeness (QED) is 0.504. The second-order valence-corrected chi connectivity index (χ2v) is 6.08. The van der Waals surface area contributed by atoms with Crippen LogP contribution < -0.4 is 0 Å². The molecule has 3 aromatic heterocycles. The molecule has 0 bridgehead atoms. The van der Waals surface area contributed by atoms with E-state index in [2.05, 4.69) is 4.98 Å². The Labute approximate surface area is 152 Å². The predicted octanol–water partition coefficient (Wildman–Crippen LogP) is 3.35. The maximum atomic E-state index is 12.7. The lowest BCUT2D eigenvalue weighted by molar-refractivity contribution is -0.141. The molecule has 0 saturated heterocycles. The molecule has 0 amide bonds. The number of carbonyl (C=O) groups excluding carboxylic acids is 2. The van der Waals surface area contributed by atoms with Gasteiger partial charge in [-0.1, -0.05) is 6.07 Å². The van der Waals surface area contributed by atoms with Crippen molar-refractivity contribution in [3.05, 3.63) is 59.3 Å². The maximum absolute atomic E-state index is 12.7. The number of ketones is 1. The van der Waals surface area contributed by atoms with Crippen molar-refractivity contribution < 1.29 is 27.5 Å². The molecule has 0 saturated carbocycles. The summed E-state index contributed by atoms with van der Waals surface area (Å²) >= 11 is 0. The van der Waals surface area contributed by atoms with Crippen molar-refractivity contribution in [2.45, 2.75) is 26.6 Å². The monoisotopic (exact) mass is 379 g/mol. The van der Waals surface area contributed by atoms with Gasteiger partial charge < -0.3 is 13.7 Å². The second-order valence-electron chi connectivity index (χ2n) is 6.08. The van der Waals surface area contributed by atoms with Gasteiger partial charge >= 0.3 is 12.1 Å². The van der Waals surface area contributed by atoms with Crippen LogP contribution >= 0.6 is 0 Å². The summed E-state index contributed by atoms with van der Waals surface area (Å²) in [6, 6.07) is 6.60. The zero-order valence-corrected chi connectivity index (χ0v) is 14.6. The Balaban J connectivity index is 1.70. The number of aryl methyl sites for hydroxylation is 1. The second kappa shape index (κ2) is 6.90. The first kappa shape index (κ1) is 18.7. The van der Waals surface area contributed by atoms with Gasteiger partial charge in [-0.3, -0.25) is 4.79 Å². The van der Waals surface area contributed by atoms with Gasteiger partial charge in [0.15, 0.2) is 12.3 Å². The Morgan fingerprint density at radius 3 is 2.63 bits per heavy atom. The van der Waals surface area contributed by atoms with E-state index >= 15 is 0 Å². The van der Waals surface area contributed by atoms with Crippen LogP contribution in [0, 0.1) is 13.8 Å². The van der Waals surface area contributed by atoms with E-state index in [0.717, 1.165) is 4.57 Å². The van der Waals surface area contributed by atoms with Gasteiger partial charge in [0, 0.05) is 29.3 Å². The zero-order chi connectivity index (χ0) is 19.8. The normalized spacial score (nSPS) is 11.7. The average molecular weight is 379 g/mol. The van der Waals surface area contributed by atoms with Gasteiger partial charge in [0.05, 0.1) is 0 Å². The number of aromatic nitrogens is 3. The molecule has 0 spiro atoms. The van der Waals surface area contributed by atoms with Crippen molar-refractivity contribution in [2.24, 2.45) is 0 Å². The predicted molar refractivity (Wildman–Crippen MR) is 89.8 cm³/mol. The summed E-state index contributed by atoms with van der Waals surface area (Å²) in [4.78, 5) is 28.5. The van der Waals surface area contributed by atoms with Gasteiger partial charge in [-0.05, 0) is 32.0 Å². The van der Waals surface area contributed by atoms with Crippen LogP contribution in [0.2, 0.25) is 0 Å². The van der Waals surface area contributed by atoms with Gasteiger partial charge in [0.25, 0.3) is 0 Å². The van der Waals surface area contributed by atoms with Crippen LogP contribution in [0.15, 0.2) is 36.7 Å². The number of hydrogen-bond donors (Lipinski definition) is 0. The lowest BCUT2D eigenvalue weighted by Gasteiger charge is -2.12. The number of fused-ring (bicyclic) bond motifs is 1. The Morgan fingerprint density at radius 1 is 1.22 bits per heavy atom. The number of carbonyl (C=O) groups is 2. The Bertz CT molecular complexity index is 985. The lowest BCUT2D eigenvalue weighted by atomic mass is 10.1. The van der Waals surface area contributed by atoms with Crippen molar-refractivity contribution in [3.8, 4) is 0 Å². The van der Waals surface area contributed by atoms with Crippen LogP contribution in [0.5, 0.6) is 0 Å². The van der Waals surface area contributed by atoms with E-state index < -0.39 is 31.1 Å². The van der Waals surface area contributed by atoms with E-state index in [-0.39, 0.29) is 17.0 Å². The summed E-state index contributed by atoms with van der Waals surface area (Å²) in [6.45, 7) is 1.15. The van der Waals surface area contributed by atoms with Crippen molar-refractivity contribution in [3.63, 3.8) is 0 Å². The van der Waals surface area contributed by atoms with E-state index in [1.54, 1.807) is 28.8 Å². The Kier molecular flexibility index (Phi) is 4.77. The number of esters is 1. The molecule has 27 heavy (non-hydrogen) atoms. The minimum atomic E-state index is -4.40. The van der Waals surface area contributed by atoms with Crippen LogP contribution in [0.4, 0.5) is 13.2 Å². The van der Waals surface area contributed by atoms with E-state index in [1.165, 1.54) is 26.1 Å². The molecule has 0 aliphatic heterocycles. The Morgan fingerprint density at radius 2 is 1.96 bits per heavy atom. The highest BCUT2D eigenvalue weighted by Gasteiger charge is 2.30. The molecule has 0 aliphatic rings. The van der Waals surface area contributed by atoms with Crippen LogP contribution in [0.1, 0.15) is 32.2 Å². The summed E-state index contributed by atoms with van der Waals surface area (Å²) < 4.78 is 45.6. The van der Waals surface area contributed by atoms with E-state index in [0.29, 0.717) is 11.3 Å². The van der Waals surface area contributed by atoms with Crippen LogP contribution in [0.3, 0.4) is 0 Å². The number of pyridine rings is 1. The van der Waals surface area contributed by atoms with E-state index in [4.69, 9.17) is 4.74 Å². The molecule has 0 N–H and O–H groups in total. The number of hydrogen-bond acceptors (Lipinski definition) is 4. The standard InChI is InChI=1S/C18H16F3N3O3/c1-11-7-13(12(2)24(11)10-18(19,20)21)15(25)9-27-17(26)14-8-23-6-4-3-5-16(23)22-14/h3-8H,9-10H2,1-2H3. The number of Topliss-reactive ketones (excluding diaryl/α,β-unsaturated/α-hetero) is 1. The van der Waals surface area contributed by atoms with Gasteiger partial charge in [0.1, 0.15) is 12.2 Å². The van der Waals surface area contributed by atoms with Gasteiger partial charge in [0.2, 0.25) is 5.78 Å². The highest BCUT2D eigenvalue weighted by molar-refractivity contribution is 6.00. The van der Waals surface area contributed by atoms with Crippen LogP contribution in [0.25, 0.3) is 5.65 Å². The summed E-state index contributed by atoms with van der Waals surface area (Å²) in [5.74, 6) is -1.36. The minimum Gasteiger partial charge on any atom is -0.453 e. The van der Waals surface area contributed by atoms with Crippen molar-refractivity contribution >= 4 is 17.4 Å². The summed E-state index contributed by atoms with van der Waals surface area (Å²) in [5.41, 5.74) is 1.17. The largest absolute Gasteiger partial charge is 0.453 e. The fourth-order valence-corrected chi connectivity index (χ4v) is 2.82. The van der Waals surface area contributed by atoms with Gasteiger partial charge in [-0.25, -0.2) is 9.78 Å². The summed E-state index contributed by atoms with van der Waals surface area (Å²) in [5, 5.41) is 0. The molecule has 9 heteroatoms. The highest BCUT2D eigenvalue weighted by Crippen LogP contribution is 2.23. The van der Waals surface area contributed by atoms with Crippen molar-refractivity contribution in [1.82, 2.24) is 14.0 Å². The number of imidazole rings is 1. The molecule has 0 aromatic carbocycles. The van der Waals surface area contributed by atoms with Crippen LogP contribution in [-0.4, -0.2) is 38.5 Å². The van der Waals surface area contributed by atoms with Gasteiger partial charge in [-0.2, -0.15) is 13.2 Å². The fourth-order valence-electron chi connectivity index (χ4n) is 2.82. The molecule has 0 radical (unpaired) electrons. The van der Waals surface area contributed by atoms with E-state index in [9.17, 15) is 22.8 Å². The molecule has 3 rings (SSSR count). The molecule has 0 unspecified atom stereocenters. The molecule has 3 aromatic rings. The molecule has 0 aliphatic carbocycles. The molecule has 6 nitrogen and oxygen atoms in total. The molecular formula is C18H16F3N3O3. The molecule has 142 valence electrons. The molecule has 0 atom stereocenters. The first-order valence-electron chi connectivity index (χ1n) is 8.03. The number of rotatable bonds is 5. The SMILES string of the molecule is Cc1cc(C(=O)COC(=O)c2cn3ccccc3n2)c(C)n1CC(F)(F)F. The third kappa shape index (κ3) is 4.02. The number of halogens is 3. The third-order valence-corrected chi connectivity index (χ3v) is 4.12. The minimum absolute atomic E-state index is 0.0385. The zero-order valence-electron chi connectivity index (χ0n) is 14.6. The van der Waals surface area contributed by atoms with Crippen molar-refractivity contribution in [2.75, 3.05) is 6.61 Å². The van der Waals surface area contributed by atoms with E-state index in [1.807, 2.05) is 0 Å². The maximum Gasteiger partial charge on any atom is 0.406 e. The smallest absolute Gasteiger partial charge is 0.406 e. The number of ether oxygens (including phenoxy) is 1. The first-order valence-corrected chi connectivity index (χ1v) is 8.03.